The van der Waals surface area contributed by atoms with Crippen LogP contribution in [0.25, 0.3) is 0 Å². The third kappa shape index (κ3) is 3.07. The van der Waals surface area contributed by atoms with Crippen molar-refractivity contribution < 1.29 is 32.7 Å². The lowest BCUT2D eigenvalue weighted by atomic mass is 9.96. The van der Waals surface area contributed by atoms with Crippen molar-refractivity contribution in [3.63, 3.8) is 0 Å². The molecule has 0 spiro atoms. The van der Waals surface area contributed by atoms with Crippen molar-refractivity contribution in [2.24, 2.45) is 11.7 Å². The summed E-state index contributed by atoms with van der Waals surface area (Å²) in [5.41, 5.74) is 4.67. The number of fused-ring (bicyclic) bond motifs is 1. The number of hydrogen-bond donors (Lipinski definition) is 3. The van der Waals surface area contributed by atoms with E-state index < -0.39 is 46.3 Å². The number of nitrogens with one attached hydrogen (secondary N) is 1. The van der Waals surface area contributed by atoms with Crippen LogP contribution >= 0.6 is 11.8 Å². The molecule has 0 fully saturated rings. The highest BCUT2D eigenvalue weighted by Crippen LogP contribution is 2.43. The fourth-order valence-electron chi connectivity index (χ4n) is 2.64. The monoisotopic (exact) mass is 384 g/mol. The first kappa shape index (κ1) is 18.1. The van der Waals surface area contributed by atoms with E-state index in [1.807, 2.05) is 0 Å². The first-order valence-electron chi connectivity index (χ1n) is 7.24. The van der Waals surface area contributed by atoms with Gasteiger partial charge in [-0.2, -0.15) is 13.2 Å². The van der Waals surface area contributed by atoms with Gasteiger partial charge in [0, 0.05) is 17.2 Å². The number of nitrogens with two attached hydrogens (primary N) is 1. The number of halogens is 3. The van der Waals surface area contributed by atoms with Gasteiger partial charge in [-0.25, -0.2) is 4.79 Å². The van der Waals surface area contributed by atoms with Crippen LogP contribution in [0, 0.1) is 5.92 Å². The lowest BCUT2D eigenvalue weighted by molar-refractivity contribution is -0.138. The normalized spacial score (nSPS) is 22.6. The van der Waals surface area contributed by atoms with Gasteiger partial charge in [-0.1, -0.05) is 30.0 Å². The Kier molecular flexibility index (Phi) is 4.31. The highest BCUT2D eigenvalue weighted by atomic mass is 32.2. The van der Waals surface area contributed by atoms with Gasteiger partial charge < -0.3 is 16.2 Å². The molecule has 10 heteroatoms. The van der Waals surface area contributed by atoms with E-state index in [1.54, 1.807) is 0 Å². The highest BCUT2D eigenvalue weighted by molar-refractivity contribution is 8.04. The van der Waals surface area contributed by atoms with Crippen molar-refractivity contribution in [2.45, 2.75) is 11.6 Å². The van der Waals surface area contributed by atoms with Gasteiger partial charge >= 0.3 is 12.1 Å². The second-order valence-electron chi connectivity index (χ2n) is 5.61. The molecule has 1 aromatic rings. The molecule has 2 unspecified atom stereocenters. The van der Waals surface area contributed by atoms with Gasteiger partial charge in [-0.05, 0) is 12.1 Å². The Hall–Kier alpha value is -2.75. The van der Waals surface area contributed by atoms with Crippen LogP contribution in [0.15, 0.2) is 46.5 Å². The predicted molar refractivity (Wildman–Crippen MR) is 85.7 cm³/mol. The zero-order chi connectivity index (χ0) is 19.2. The first-order valence-corrected chi connectivity index (χ1v) is 8.12. The number of allylic oxidation sites excluding steroid dienone is 1. The Labute approximate surface area is 148 Å². The van der Waals surface area contributed by atoms with Crippen LogP contribution < -0.4 is 11.1 Å². The molecule has 0 radical (unpaired) electrons. The summed E-state index contributed by atoms with van der Waals surface area (Å²) in [4.78, 5) is 35.4. The number of hydrogen-bond acceptors (Lipinski definition) is 5. The van der Waals surface area contributed by atoms with E-state index in [4.69, 9.17) is 10.8 Å². The van der Waals surface area contributed by atoms with E-state index in [0.29, 0.717) is 0 Å². The SMILES string of the molecule is NC1=C(C(=O)c2ccc(C(F)(F)F)cc2)SC2NC(=O)C(C(=O)O)=CC12. The average molecular weight is 384 g/mol. The molecule has 0 aromatic heterocycles. The smallest absolute Gasteiger partial charge is 0.416 e. The van der Waals surface area contributed by atoms with Crippen LogP contribution in [-0.2, 0) is 15.8 Å². The third-order valence-corrected chi connectivity index (χ3v) is 5.29. The summed E-state index contributed by atoms with van der Waals surface area (Å²) in [6.07, 6.45) is -3.33. The molecule has 2 aliphatic heterocycles. The number of carbonyl (C=O) groups excluding carboxylic acids is 2. The summed E-state index contributed by atoms with van der Waals surface area (Å²) in [7, 11) is 0. The summed E-state index contributed by atoms with van der Waals surface area (Å²) in [6, 6.07) is 3.68. The van der Waals surface area contributed by atoms with E-state index in [-0.39, 0.29) is 16.2 Å². The second kappa shape index (κ2) is 6.20. The maximum Gasteiger partial charge on any atom is 0.416 e. The minimum Gasteiger partial charge on any atom is -0.478 e. The number of amides is 1. The summed E-state index contributed by atoms with van der Waals surface area (Å²) >= 11 is 0.946. The maximum atomic E-state index is 12.6. The van der Waals surface area contributed by atoms with Gasteiger partial charge in [0.25, 0.3) is 5.91 Å². The zero-order valence-corrected chi connectivity index (χ0v) is 13.6. The maximum absolute atomic E-state index is 12.6. The van der Waals surface area contributed by atoms with E-state index >= 15 is 0 Å². The van der Waals surface area contributed by atoms with Crippen molar-refractivity contribution in [3.05, 3.63) is 57.6 Å². The quantitative estimate of drug-likeness (QED) is 0.542. The van der Waals surface area contributed by atoms with Crippen molar-refractivity contribution in [3.8, 4) is 0 Å². The van der Waals surface area contributed by atoms with Gasteiger partial charge in [0.15, 0.2) is 0 Å². The van der Waals surface area contributed by atoms with Crippen LogP contribution in [0.1, 0.15) is 15.9 Å². The fraction of sp³-hybridized carbons (Fsp3) is 0.188. The molecule has 2 atom stereocenters. The number of Topliss-reactive ketones (excluding diaryl/α,β-unsaturated/α-hetero) is 1. The highest BCUT2D eigenvalue weighted by Gasteiger charge is 2.42. The second-order valence-corrected chi connectivity index (χ2v) is 6.76. The van der Waals surface area contributed by atoms with Gasteiger partial charge in [-0.15, -0.1) is 0 Å². The van der Waals surface area contributed by atoms with Crippen LogP contribution in [-0.4, -0.2) is 28.1 Å². The topological polar surface area (TPSA) is 109 Å². The number of carboxylic acids is 1. The Bertz CT molecular complexity index is 874. The lowest BCUT2D eigenvalue weighted by Gasteiger charge is -2.23. The zero-order valence-electron chi connectivity index (χ0n) is 12.8. The number of carbonyl (C=O) groups is 3. The lowest BCUT2D eigenvalue weighted by Crippen LogP contribution is -2.43. The van der Waals surface area contributed by atoms with Gasteiger partial charge in [0.05, 0.1) is 15.8 Å². The molecule has 0 saturated carbocycles. The largest absolute Gasteiger partial charge is 0.478 e. The molecule has 1 amide bonds. The first-order chi connectivity index (χ1) is 12.1. The predicted octanol–water partition coefficient (Wildman–Crippen LogP) is 1.89. The fourth-order valence-corrected chi connectivity index (χ4v) is 3.92. The van der Waals surface area contributed by atoms with Crippen molar-refractivity contribution >= 4 is 29.4 Å². The molecule has 3 rings (SSSR count). The molecule has 0 saturated heterocycles. The Morgan fingerprint density at radius 3 is 2.35 bits per heavy atom. The molecule has 1 aromatic carbocycles. The average Bonchev–Trinajstić information content (AvgIpc) is 2.88. The molecule has 2 heterocycles. The standard InChI is InChI=1S/C16H11F3N2O4S/c17-16(18,19)7-3-1-6(2-4-7)11(22)12-10(20)8-5-9(15(24)25)13(23)21-14(8)26-12/h1-5,8,14H,20H2,(H,21,23)(H,24,25). The van der Waals surface area contributed by atoms with Crippen LogP contribution in [0.5, 0.6) is 0 Å². The van der Waals surface area contributed by atoms with Gasteiger partial charge in [-0.3, -0.25) is 9.59 Å². The Morgan fingerprint density at radius 2 is 1.81 bits per heavy atom. The Morgan fingerprint density at radius 1 is 1.19 bits per heavy atom. The molecule has 6 nitrogen and oxygen atoms in total. The number of rotatable bonds is 3. The van der Waals surface area contributed by atoms with Crippen LogP contribution in [0.3, 0.4) is 0 Å². The van der Waals surface area contributed by atoms with Crippen molar-refractivity contribution in [1.29, 1.82) is 0 Å². The molecular weight excluding hydrogens is 373 g/mol. The number of thioether (sulfide) groups is 1. The molecule has 0 bridgehead atoms. The van der Waals surface area contributed by atoms with E-state index in [1.165, 1.54) is 6.08 Å². The van der Waals surface area contributed by atoms with Gasteiger partial charge in [0.2, 0.25) is 5.78 Å². The number of aliphatic carboxylic acids is 1. The molecule has 4 N–H and O–H groups in total. The molecule has 26 heavy (non-hydrogen) atoms. The summed E-state index contributed by atoms with van der Waals surface area (Å²) in [5, 5.41) is 10.8. The number of alkyl halides is 3. The van der Waals surface area contributed by atoms with Gasteiger partial charge in [0.1, 0.15) is 5.57 Å². The number of benzene rings is 1. The third-order valence-electron chi connectivity index (χ3n) is 3.97. The van der Waals surface area contributed by atoms with Crippen molar-refractivity contribution in [1.82, 2.24) is 5.32 Å². The summed E-state index contributed by atoms with van der Waals surface area (Å²) in [5.74, 6) is -3.48. The Balaban J connectivity index is 1.90. The van der Waals surface area contributed by atoms with Crippen LogP contribution in [0.4, 0.5) is 13.2 Å². The van der Waals surface area contributed by atoms with Crippen molar-refractivity contribution in [2.75, 3.05) is 0 Å². The molecular formula is C16H11F3N2O4S. The number of ketones is 1. The molecule has 0 aliphatic carbocycles. The van der Waals surface area contributed by atoms with Crippen LogP contribution in [0.2, 0.25) is 0 Å². The number of carboxylic acid groups (broad SMARTS) is 1. The minimum absolute atomic E-state index is 0.0101. The van der Waals surface area contributed by atoms with E-state index in [9.17, 15) is 27.6 Å². The summed E-state index contributed by atoms with van der Waals surface area (Å²) < 4.78 is 37.8. The molecule has 136 valence electrons. The minimum atomic E-state index is -4.51. The summed E-state index contributed by atoms with van der Waals surface area (Å²) in [6.45, 7) is 0. The molecule has 2 aliphatic rings. The van der Waals surface area contributed by atoms with E-state index in [0.717, 1.165) is 36.0 Å². The van der Waals surface area contributed by atoms with E-state index in [2.05, 4.69) is 5.32 Å².